The fraction of sp³-hybridized carbons (Fsp3) is 0.810. The molecule has 1 fully saturated rings. The molecule has 154 valence electrons. The van der Waals surface area contributed by atoms with Crippen molar-refractivity contribution < 1.29 is 23.8 Å². The number of rotatable bonds is 13. The van der Waals surface area contributed by atoms with E-state index in [1.54, 1.807) is 0 Å². The highest BCUT2D eigenvalue weighted by Crippen LogP contribution is 2.34. The lowest BCUT2D eigenvalue weighted by atomic mass is 10.1. The Labute approximate surface area is 163 Å². The normalized spacial score (nSPS) is 27.9. The van der Waals surface area contributed by atoms with Gasteiger partial charge in [-0.2, -0.15) is 0 Å². The highest BCUT2D eigenvalue weighted by molar-refractivity contribution is 6.13. The van der Waals surface area contributed by atoms with E-state index in [1.807, 2.05) is 0 Å². The van der Waals surface area contributed by atoms with Crippen LogP contribution in [-0.2, 0) is 23.8 Å². The van der Waals surface area contributed by atoms with Gasteiger partial charge in [0.05, 0.1) is 12.1 Å². The van der Waals surface area contributed by atoms with E-state index in [0.717, 1.165) is 38.5 Å². The molecule has 1 saturated carbocycles. The highest BCUT2D eigenvalue weighted by atomic mass is 16.6. The van der Waals surface area contributed by atoms with E-state index in [4.69, 9.17) is 14.2 Å². The third-order valence-corrected chi connectivity index (χ3v) is 5.16. The average molecular weight is 382 g/mol. The SMILES string of the molecule is CCCCOC1CC(N2C(=O)C=CC2=O)C(OCCCC)C1OCCCC. The van der Waals surface area contributed by atoms with Gasteiger partial charge in [-0.05, 0) is 25.7 Å². The summed E-state index contributed by atoms with van der Waals surface area (Å²) in [7, 11) is 0. The number of carbonyl (C=O) groups excluding carboxylic acids is 2. The molecule has 0 radical (unpaired) electrons. The van der Waals surface area contributed by atoms with Gasteiger partial charge in [-0.25, -0.2) is 0 Å². The molecule has 0 saturated heterocycles. The fourth-order valence-electron chi connectivity index (χ4n) is 3.61. The molecule has 0 aromatic heterocycles. The van der Waals surface area contributed by atoms with Crippen LogP contribution in [0.15, 0.2) is 12.2 Å². The Balaban J connectivity index is 2.15. The van der Waals surface area contributed by atoms with Gasteiger partial charge >= 0.3 is 0 Å². The fourth-order valence-corrected chi connectivity index (χ4v) is 3.61. The van der Waals surface area contributed by atoms with Crippen LogP contribution in [0.25, 0.3) is 0 Å². The summed E-state index contributed by atoms with van der Waals surface area (Å²) in [5.41, 5.74) is 0. The Morgan fingerprint density at radius 3 is 1.81 bits per heavy atom. The second-order valence-corrected chi connectivity index (χ2v) is 7.32. The van der Waals surface area contributed by atoms with Crippen LogP contribution in [0.1, 0.15) is 65.7 Å². The number of carbonyl (C=O) groups is 2. The lowest BCUT2D eigenvalue weighted by Crippen LogP contribution is -2.48. The topological polar surface area (TPSA) is 65.1 Å². The molecule has 1 heterocycles. The first-order valence-electron chi connectivity index (χ1n) is 10.5. The predicted molar refractivity (Wildman–Crippen MR) is 103 cm³/mol. The first-order chi connectivity index (χ1) is 13.1. The molecule has 6 nitrogen and oxygen atoms in total. The van der Waals surface area contributed by atoms with Gasteiger partial charge in [0, 0.05) is 32.0 Å². The molecule has 2 aliphatic rings. The van der Waals surface area contributed by atoms with Crippen LogP contribution in [0.2, 0.25) is 0 Å². The summed E-state index contributed by atoms with van der Waals surface area (Å²) in [6.07, 6.45) is 8.50. The van der Waals surface area contributed by atoms with Crippen LogP contribution >= 0.6 is 0 Å². The zero-order valence-electron chi connectivity index (χ0n) is 17.0. The van der Waals surface area contributed by atoms with Crippen molar-refractivity contribution in [2.45, 2.75) is 90.1 Å². The smallest absolute Gasteiger partial charge is 0.253 e. The molecule has 1 aliphatic heterocycles. The summed E-state index contributed by atoms with van der Waals surface area (Å²) in [6.45, 7) is 8.24. The molecule has 1 aliphatic carbocycles. The molecule has 0 spiro atoms. The van der Waals surface area contributed by atoms with Gasteiger partial charge in [0.2, 0.25) is 0 Å². The number of imide groups is 1. The van der Waals surface area contributed by atoms with Crippen molar-refractivity contribution in [3.63, 3.8) is 0 Å². The van der Waals surface area contributed by atoms with Gasteiger partial charge in [-0.1, -0.05) is 40.0 Å². The molecule has 27 heavy (non-hydrogen) atoms. The van der Waals surface area contributed by atoms with Crippen molar-refractivity contribution in [1.82, 2.24) is 4.90 Å². The number of unbranched alkanes of at least 4 members (excludes halogenated alkanes) is 3. The molecule has 6 heteroatoms. The van der Waals surface area contributed by atoms with E-state index in [1.165, 1.54) is 17.1 Å². The van der Waals surface area contributed by atoms with Crippen molar-refractivity contribution in [3.05, 3.63) is 12.2 Å². The summed E-state index contributed by atoms with van der Waals surface area (Å²) in [4.78, 5) is 25.9. The summed E-state index contributed by atoms with van der Waals surface area (Å²) >= 11 is 0. The zero-order valence-corrected chi connectivity index (χ0v) is 17.0. The lowest BCUT2D eigenvalue weighted by molar-refractivity contribution is -0.146. The summed E-state index contributed by atoms with van der Waals surface area (Å²) in [5, 5.41) is 0. The zero-order chi connectivity index (χ0) is 19.6. The van der Waals surface area contributed by atoms with Crippen LogP contribution < -0.4 is 0 Å². The molecule has 0 aromatic carbocycles. The summed E-state index contributed by atoms with van der Waals surface area (Å²) in [5.74, 6) is -0.536. The van der Waals surface area contributed by atoms with Crippen LogP contribution in [0.3, 0.4) is 0 Å². The van der Waals surface area contributed by atoms with Crippen LogP contribution in [0.4, 0.5) is 0 Å². The Morgan fingerprint density at radius 2 is 1.30 bits per heavy atom. The van der Waals surface area contributed by atoms with E-state index in [9.17, 15) is 9.59 Å². The molecule has 0 bridgehead atoms. The largest absolute Gasteiger partial charge is 0.375 e. The average Bonchev–Trinajstić information content (AvgIpc) is 3.16. The minimum absolute atomic E-state index is 0.161. The van der Waals surface area contributed by atoms with Gasteiger partial charge < -0.3 is 14.2 Å². The third-order valence-electron chi connectivity index (χ3n) is 5.16. The van der Waals surface area contributed by atoms with E-state index in [-0.39, 0.29) is 36.2 Å². The van der Waals surface area contributed by atoms with Gasteiger partial charge in [0.1, 0.15) is 12.2 Å². The number of nitrogens with zero attached hydrogens (tertiary/aromatic N) is 1. The van der Waals surface area contributed by atoms with Gasteiger partial charge in [-0.15, -0.1) is 0 Å². The third kappa shape index (κ3) is 5.87. The maximum atomic E-state index is 12.3. The molecular formula is C21H35NO5. The standard InChI is InChI=1S/C21H35NO5/c1-4-7-12-25-17-15-16(22-18(23)10-11-19(22)24)20(26-13-8-5-2)21(17)27-14-9-6-3/h10-11,16-17,20-21H,4-9,12-15H2,1-3H3. The maximum Gasteiger partial charge on any atom is 0.253 e. The van der Waals surface area contributed by atoms with Crippen LogP contribution in [-0.4, -0.2) is 60.9 Å². The number of hydrogen-bond donors (Lipinski definition) is 0. The second-order valence-electron chi connectivity index (χ2n) is 7.32. The van der Waals surface area contributed by atoms with E-state index >= 15 is 0 Å². The first-order valence-corrected chi connectivity index (χ1v) is 10.5. The minimum Gasteiger partial charge on any atom is -0.375 e. The molecule has 4 unspecified atom stereocenters. The van der Waals surface area contributed by atoms with Gasteiger partial charge in [-0.3, -0.25) is 14.5 Å². The van der Waals surface area contributed by atoms with Crippen molar-refractivity contribution in [1.29, 1.82) is 0 Å². The van der Waals surface area contributed by atoms with E-state index < -0.39 is 0 Å². The van der Waals surface area contributed by atoms with Gasteiger partial charge in [0.15, 0.2) is 0 Å². The number of amides is 2. The van der Waals surface area contributed by atoms with Gasteiger partial charge in [0.25, 0.3) is 11.8 Å². The maximum absolute atomic E-state index is 12.3. The summed E-state index contributed by atoms with van der Waals surface area (Å²) < 4.78 is 18.4. The molecule has 0 aromatic rings. The lowest BCUT2D eigenvalue weighted by Gasteiger charge is -2.30. The molecule has 2 rings (SSSR count). The van der Waals surface area contributed by atoms with Crippen LogP contribution in [0.5, 0.6) is 0 Å². The van der Waals surface area contributed by atoms with Crippen molar-refractivity contribution >= 4 is 11.8 Å². The Morgan fingerprint density at radius 1 is 0.815 bits per heavy atom. The molecule has 2 amide bonds. The summed E-state index contributed by atoms with van der Waals surface area (Å²) in [6, 6.07) is -0.338. The molecular weight excluding hydrogens is 346 g/mol. The second kappa shape index (κ2) is 11.6. The molecule has 4 atom stereocenters. The number of hydrogen-bond acceptors (Lipinski definition) is 5. The minimum atomic E-state index is -0.340. The Kier molecular flexibility index (Phi) is 9.45. The quantitative estimate of drug-likeness (QED) is 0.362. The Hall–Kier alpha value is -1.24. The predicted octanol–water partition coefficient (Wildman–Crippen LogP) is 3.24. The highest BCUT2D eigenvalue weighted by Gasteiger charge is 2.51. The van der Waals surface area contributed by atoms with Crippen LogP contribution in [0, 0.1) is 0 Å². The van der Waals surface area contributed by atoms with Crippen molar-refractivity contribution in [2.24, 2.45) is 0 Å². The van der Waals surface area contributed by atoms with E-state index in [2.05, 4.69) is 20.8 Å². The van der Waals surface area contributed by atoms with E-state index in [0.29, 0.717) is 26.2 Å². The molecule has 0 N–H and O–H groups in total. The van der Waals surface area contributed by atoms with Crippen molar-refractivity contribution in [2.75, 3.05) is 19.8 Å². The first kappa shape index (κ1) is 22.1. The monoisotopic (exact) mass is 381 g/mol. The Bertz CT molecular complexity index is 489. The number of ether oxygens (including phenoxy) is 3. The van der Waals surface area contributed by atoms with Crippen molar-refractivity contribution in [3.8, 4) is 0 Å².